The third-order valence-corrected chi connectivity index (χ3v) is 3.08. The van der Waals surface area contributed by atoms with Crippen LogP contribution in [0, 0.1) is 6.92 Å². The van der Waals surface area contributed by atoms with Gasteiger partial charge in [0.05, 0.1) is 31.7 Å². The number of benzene rings is 1. The molecule has 1 saturated heterocycles. The molecule has 0 unspecified atom stereocenters. The molecule has 0 aliphatic carbocycles. The Balaban J connectivity index is 1.91. The molecule has 1 amide bonds. The number of rotatable bonds is 3. The lowest BCUT2D eigenvalue weighted by Crippen LogP contribution is -2.47. The molecule has 0 radical (unpaired) electrons. The van der Waals surface area contributed by atoms with Crippen LogP contribution in [0.3, 0.4) is 0 Å². The Morgan fingerprint density at radius 1 is 1.47 bits per heavy atom. The van der Waals surface area contributed by atoms with Crippen molar-refractivity contribution in [2.24, 2.45) is 5.73 Å². The maximum Gasteiger partial charge on any atom is 0.224 e. The number of hydrogen-bond acceptors (Lipinski definition) is 3. The van der Waals surface area contributed by atoms with Gasteiger partial charge in [0.15, 0.2) is 0 Å². The van der Waals surface area contributed by atoms with Crippen LogP contribution in [0.4, 0.5) is 0 Å². The average Bonchev–Trinajstić information content (AvgIpc) is 2.68. The summed E-state index contributed by atoms with van der Waals surface area (Å²) in [4.78, 5) is 11.8. The molecule has 92 valence electrons. The summed E-state index contributed by atoms with van der Waals surface area (Å²) in [5, 5.41) is 2.92. The normalized spacial score (nSPS) is 23.6. The summed E-state index contributed by atoms with van der Waals surface area (Å²) in [6.07, 6.45) is 0.399. The summed E-state index contributed by atoms with van der Waals surface area (Å²) >= 11 is 0. The monoisotopic (exact) mass is 234 g/mol. The molecule has 0 saturated carbocycles. The second-order valence-electron chi connectivity index (χ2n) is 4.48. The standard InChI is InChI=1S/C13H18N2O2/c1-9-4-2-3-5-10(9)6-13(16)15-12-8-17-7-11(12)14/h2-5,11-12H,6-8,14H2,1H3,(H,15,16)/t11-,12-/m0/s1. The van der Waals surface area contributed by atoms with E-state index >= 15 is 0 Å². The summed E-state index contributed by atoms with van der Waals surface area (Å²) in [6.45, 7) is 3.04. The third kappa shape index (κ3) is 3.05. The van der Waals surface area contributed by atoms with Crippen molar-refractivity contribution < 1.29 is 9.53 Å². The lowest BCUT2D eigenvalue weighted by molar-refractivity contribution is -0.121. The molecule has 1 aromatic rings. The molecule has 1 heterocycles. The summed E-state index contributed by atoms with van der Waals surface area (Å²) in [5.41, 5.74) is 8.00. The van der Waals surface area contributed by atoms with E-state index in [1.807, 2.05) is 31.2 Å². The molecule has 1 fully saturated rings. The van der Waals surface area contributed by atoms with Crippen LogP contribution in [-0.4, -0.2) is 31.2 Å². The van der Waals surface area contributed by atoms with Crippen LogP contribution in [0.25, 0.3) is 0 Å². The van der Waals surface area contributed by atoms with Crippen LogP contribution < -0.4 is 11.1 Å². The van der Waals surface area contributed by atoms with E-state index in [1.165, 1.54) is 0 Å². The predicted molar refractivity (Wildman–Crippen MR) is 65.6 cm³/mol. The van der Waals surface area contributed by atoms with Crippen molar-refractivity contribution in [3.8, 4) is 0 Å². The van der Waals surface area contributed by atoms with Gasteiger partial charge in [-0.3, -0.25) is 4.79 Å². The predicted octanol–water partition coefficient (Wildman–Crippen LogP) is 0.380. The van der Waals surface area contributed by atoms with Crippen LogP contribution in [0.2, 0.25) is 0 Å². The quantitative estimate of drug-likeness (QED) is 0.794. The Kier molecular flexibility index (Phi) is 3.76. The first-order valence-corrected chi connectivity index (χ1v) is 5.84. The number of hydrogen-bond donors (Lipinski definition) is 2. The topological polar surface area (TPSA) is 64.3 Å². The van der Waals surface area contributed by atoms with Gasteiger partial charge in [-0.1, -0.05) is 24.3 Å². The zero-order valence-electron chi connectivity index (χ0n) is 9.98. The first kappa shape index (κ1) is 12.1. The van der Waals surface area contributed by atoms with E-state index < -0.39 is 0 Å². The van der Waals surface area contributed by atoms with Gasteiger partial charge in [-0.25, -0.2) is 0 Å². The molecule has 1 aromatic carbocycles. The molecule has 1 aliphatic heterocycles. The lowest BCUT2D eigenvalue weighted by atomic mass is 10.1. The first-order chi connectivity index (χ1) is 8.16. The summed E-state index contributed by atoms with van der Waals surface area (Å²) in [6, 6.07) is 7.76. The van der Waals surface area contributed by atoms with Gasteiger partial charge < -0.3 is 15.8 Å². The summed E-state index contributed by atoms with van der Waals surface area (Å²) in [5.74, 6) is 0.00486. The zero-order valence-corrected chi connectivity index (χ0v) is 9.98. The van der Waals surface area contributed by atoms with Gasteiger partial charge in [0, 0.05) is 0 Å². The van der Waals surface area contributed by atoms with Crippen LogP contribution >= 0.6 is 0 Å². The van der Waals surface area contributed by atoms with E-state index in [0.717, 1.165) is 11.1 Å². The number of nitrogens with two attached hydrogens (primary N) is 1. The van der Waals surface area contributed by atoms with Gasteiger partial charge in [0.2, 0.25) is 5.91 Å². The van der Waals surface area contributed by atoms with E-state index in [1.54, 1.807) is 0 Å². The van der Waals surface area contributed by atoms with Crippen molar-refractivity contribution in [2.45, 2.75) is 25.4 Å². The van der Waals surface area contributed by atoms with Gasteiger partial charge in [-0.2, -0.15) is 0 Å². The molecular formula is C13H18N2O2. The fourth-order valence-corrected chi connectivity index (χ4v) is 1.96. The van der Waals surface area contributed by atoms with Crippen molar-refractivity contribution in [2.75, 3.05) is 13.2 Å². The largest absolute Gasteiger partial charge is 0.378 e. The van der Waals surface area contributed by atoms with E-state index in [4.69, 9.17) is 10.5 Å². The lowest BCUT2D eigenvalue weighted by Gasteiger charge is -2.15. The van der Waals surface area contributed by atoms with Crippen LogP contribution in [0.5, 0.6) is 0 Å². The number of nitrogens with one attached hydrogen (secondary N) is 1. The smallest absolute Gasteiger partial charge is 0.224 e. The number of aryl methyl sites for hydroxylation is 1. The number of carbonyl (C=O) groups excluding carboxylic acids is 1. The van der Waals surface area contributed by atoms with E-state index in [2.05, 4.69) is 5.32 Å². The van der Waals surface area contributed by atoms with Crippen molar-refractivity contribution in [1.82, 2.24) is 5.32 Å². The van der Waals surface area contributed by atoms with Crippen molar-refractivity contribution in [1.29, 1.82) is 0 Å². The minimum atomic E-state index is -0.0872. The van der Waals surface area contributed by atoms with Gasteiger partial charge in [-0.15, -0.1) is 0 Å². The van der Waals surface area contributed by atoms with Crippen LogP contribution in [0.15, 0.2) is 24.3 Å². The van der Waals surface area contributed by atoms with Crippen molar-refractivity contribution in [3.63, 3.8) is 0 Å². The maximum absolute atomic E-state index is 11.8. The highest BCUT2D eigenvalue weighted by atomic mass is 16.5. The highest BCUT2D eigenvalue weighted by molar-refractivity contribution is 5.79. The van der Waals surface area contributed by atoms with Gasteiger partial charge in [-0.05, 0) is 18.1 Å². The molecule has 0 spiro atoms. The van der Waals surface area contributed by atoms with Crippen LogP contribution in [0.1, 0.15) is 11.1 Å². The third-order valence-electron chi connectivity index (χ3n) is 3.08. The highest BCUT2D eigenvalue weighted by Crippen LogP contribution is 2.08. The van der Waals surface area contributed by atoms with Gasteiger partial charge in [0.1, 0.15) is 0 Å². The molecule has 2 rings (SSSR count). The van der Waals surface area contributed by atoms with Crippen LogP contribution in [-0.2, 0) is 16.0 Å². The second kappa shape index (κ2) is 5.29. The summed E-state index contributed by atoms with van der Waals surface area (Å²) in [7, 11) is 0. The fraction of sp³-hybridized carbons (Fsp3) is 0.462. The van der Waals surface area contributed by atoms with Gasteiger partial charge in [0.25, 0.3) is 0 Å². The average molecular weight is 234 g/mol. The van der Waals surface area contributed by atoms with Gasteiger partial charge >= 0.3 is 0 Å². The Morgan fingerprint density at radius 2 is 2.24 bits per heavy atom. The molecular weight excluding hydrogens is 216 g/mol. The molecule has 4 nitrogen and oxygen atoms in total. The number of amides is 1. The number of ether oxygens (including phenoxy) is 1. The molecule has 1 aliphatic rings. The minimum Gasteiger partial charge on any atom is -0.378 e. The molecule has 17 heavy (non-hydrogen) atoms. The van der Waals surface area contributed by atoms with E-state index in [9.17, 15) is 4.79 Å². The number of carbonyl (C=O) groups is 1. The Morgan fingerprint density at radius 3 is 2.88 bits per heavy atom. The molecule has 0 bridgehead atoms. The molecule has 4 heteroatoms. The molecule has 2 atom stereocenters. The first-order valence-electron chi connectivity index (χ1n) is 5.84. The second-order valence-corrected chi connectivity index (χ2v) is 4.48. The van der Waals surface area contributed by atoms with Crippen molar-refractivity contribution >= 4 is 5.91 Å². The van der Waals surface area contributed by atoms with E-state index in [0.29, 0.717) is 19.6 Å². The Labute approximate surface area is 101 Å². The van der Waals surface area contributed by atoms with E-state index in [-0.39, 0.29) is 18.0 Å². The fourth-order valence-electron chi connectivity index (χ4n) is 1.96. The van der Waals surface area contributed by atoms with Crippen molar-refractivity contribution in [3.05, 3.63) is 35.4 Å². The molecule has 0 aromatic heterocycles. The minimum absolute atomic E-state index is 0.00486. The molecule has 3 N–H and O–H groups in total. The Hall–Kier alpha value is -1.39. The summed E-state index contributed by atoms with van der Waals surface area (Å²) < 4.78 is 5.20. The Bertz CT molecular complexity index is 406. The maximum atomic E-state index is 11.8. The SMILES string of the molecule is Cc1ccccc1CC(=O)N[C@H]1COC[C@@H]1N. The zero-order chi connectivity index (χ0) is 12.3. The highest BCUT2D eigenvalue weighted by Gasteiger charge is 2.26.